The number of nitro groups is 1. The first kappa shape index (κ1) is 16.2. The van der Waals surface area contributed by atoms with E-state index >= 15 is 0 Å². The Kier molecular flexibility index (Phi) is 6.24. The number of hydrogen-bond acceptors (Lipinski definition) is 4. The lowest BCUT2D eigenvalue weighted by molar-refractivity contribution is -0.385. The van der Waals surface area contributed by atoms with Gasteiger partial charge in [0.1, 0.15) is 11.3 Å². The number of rotatable bonds is 8. The number of aromatic carboxylic acids is 1. The average Bonchev–Trinajstić information content (AvgIpc) is 2.39. The summed E-state index contributed by atoms with van der Waals surface area (Å²) in [6, 6.07) is 2.11. The Bertz CT molecular complexity index is 504. The van der Waals surface area contributed by atoms with Gasteiger partial charge in [-0.25, -0.2) is 4.79 Å². The Labute approximate surface area is 121 Å². The van der Waals surface area contributed by atoms with E-state index < -0.39 is 22.1 Å². The van der Waals surface area contributed by atoms with E-state index in [1.54, 1.807) is 0 Å². The second-order valence-corrected chi connectivity index (χ2v) is 4.68. The molecule has 0 atom stereocenters. The molecule has 1 N–H and O–H groups in total. The molecule has 0 saturated heterocycles. The zero-order valence-electron chi connectivity index (χ0n) is 11.1. The fourth-order valence-corrected chi connectivity index (χ4v) is 1.90. The van der Waals surface area contributed by atoms with Crippen LogP contribution < -0.4 is 4.74 Å². The number of halogens is 1. The second-order valence-electron chi connectivity index (χ2n) is 4.27. The minimum absolute atomic E-state index is 0.0588. The minimum atomic E-state index is -1.40. The van der Waals surface area contributed by atoms with Crippen molar-refractivity contribution in [3.63, 3.8) is 0 Å². The van der Waals surface area contributed by atoms with Crippen LogP contribution >= 0.6 is 11.6 Å². The van der Waals surface area contributed by atoms with Gasteiger partial charge < -0.3 is 9.84 Å². The van der Waals surface area contributed by atoms with Gasteiger partial charge >= 0.3 is 5.97 Å². The smallest absolute Gasteiger partial charge is 0.342 e. The third kappa shape index (κ3) is 4.38. The maximum absolute atomic E-state index is 10.9. The van der Waals surface area contributed by atoms with Gasteiger partial charge in [-0.3, -0.25) is 10.1 Å². The summed E-state index contributed by atoms with van der Waals surface area (Å²) in [5.74, 6) is -1.26. The molecule has 0 aromatic heterocycles. The summed E-state index contributed by atoms with van der Waals surface area (Å²) in [6.45, 7) is 2.48. The molecule has 1 rings (SSSR count). The molecule has 7 heteroatoms. The van der Waals surface area contributed by atoms with Gasteiger partial charge in [-0.05, 0) is 12.5 Å². The number of ether oxygens (including phenoxy) is 1. The largest absolute Gasteiger partial charge is 0.492 e. The molecule has 20 heavy (non-hydrogen) atoms. The van der Waals surface area contributed by atoms with Gasteiger partial charge in [0.15, 0.2) is 0 Å². The fourth-order valence-electron chi connectivity index (χ4n) is 1.69. The molecule has 0 unspecified atom stereocenters. The molecular formula is C13H16ClNO5. The lowest BCUT2D eigenvalue weighted by Crippen LogP contribution is -2.05. The summed E-state index contributed by atoms with van der Waals surface area (Å²) < 4.78 is 5.38. The summed E-state index contributed by atoms with van der Waals surface area (Å²) in [5.41, 5.74) is -0.969. The minimum Gasteiger partial charge on any atom is -0.492 e. The molecule has 6 nitrogen and oxygen atoms in total. The molecule has 0 heterocycles. The van der Waals surface area contributed by atoms with Crippen molar-refractivity contribution in [2.75, 3.05) is 6.61 Å². The van der Waals surface area contributed by atoms with E-state index in [4.69, 9.17) is 21.4 Å². The molecule has 0 spiro atoms. The molecule has 0 radical (unpaired) electrons. The van der Waals surface area contributed by atoms with Gasteiger partial charge in [0.05, 0.1) is 22.6 Å². The number of nitrogens with zero attached hydrogens (tertiary/aromatic N) is 1. The van der Waals surface area contributed by atoms with Gasteiger partial charge in [0.2, 0.25) is 0 Å². The molecule has 0 aliphatic carbocycles. The molecule has 0 amide bonds. The average molecular weight is 302 g/mol. The van der Waals surface area contributed by atoms with Crippen LogP contribution in [-0.2, 0) is 0 Å². The second kappa shape index (κ2) is 7.69. The molecule has 0 aliphatic rings. The van der Waals surface area contributed by atoms with Gasteiger partial charge in [-0.15, -0.1) is 0 Å². The zero-order chi connectivity index (χ0) is 15.1. The van der Waals surface area contributed by atoms with Crippen LogP contribution in [-0.4, -0.2) is 22.6 Å². The van der Waals surface area contributed by atoms with E-state index in [1.165, 1.54) is 0 Å². The Morgan fingerprint density at radius 1 is 1.40 bits per heavy atom. The normalized spacial score (nSPS) is 10.3. The molecular weight excluding hydrogens is 286 g/mol. The van der Waals surface area contributed by atoms with Crippen molar-refractivity contribution in [2.24, 2.45) is 0 Å². The third-order valence-corrected chi connectivity index (χ3v) is 3.03. The van der Waals surface area contributed by atoms with Gasteiger partial charge in [0, 0.05) is 0 Å². The van der Waals surface area contributed by atoms with Crippen LogP contribution in [0.25, 0.3) is 0 Å². The zero-order valence-corrected chi connectivity index (χ0v) is 11.9. The van der Waals surface area contributed by atoms with E-state index in [0.29, 0.717) is 6.61 Å². The summed E-state index contributed by atoms with van der Waals surface area (Å²) in [6.07, 6.45) is 4.01. The first-order valence-electron chi connectivity index (χ1n) is 6.31. The van der Waals surface area contributed by atoms with Crippen LogP contribution in [0.2, 0.25) is 5.02 Å². The number of carboxylic acids is 1. The number of nitro benzene ring substituents is 1. The number of hydrogen-bond donors (Lipinski definition) is 1. The highest BCUT2D eigenvalue weighted by Crippen LogP contribution is 2.32. The highest BCUT2D eigenvalue weighted by atomic mass is 35.5. The molecule has 0 fully saturated rings. The highest BCUT2D eigenvalue weighted by Gasteiger charge is 2.23. The van der Waals surface area contributed by atoms with Crippen molar-refractivity contribution >= 4 is 23.3 Å². The SMILES string of the molecule is CCCCCCOc1cc([N+](=O)[O-])c(C(=O)O)cc1Cl. The lowest BCUT2D eigenvalue weighted by Gasteiger charge is -2.09. The van der Waals surface area contributed by atoms with Crippen molar-refractivity contribution in [1.82, 2.24) is 0 Å². The van der Waals surface area contributed by atoms with E-state index in [2.05, 4.69) is 6.92 Å². The molecule has 0 aliphatic heterocycles. The summed E-state index contributed by atoms with van der Waals surface area (Å²) in [7, 11) is 0. The van der Waals surface area contributed by atoms with Crippen LogP contribution in [0.4, 0.5) is 5.69 Å². The van der Waals surface area contributed by atoms with E-state index in [-0.39, 0.29) is 10.8 Å². The predicted octanol–water partition coefficient (Wildman–Crippen LogP) is 3.91. The van der Waals surface area contributed by atoms with Gasteiger partial charge in [-0.1, -0.05) is 37.8 Å². The number of benzene rings is 1. The molecule has 0 saturated carbocycles. The molecule has 1 aromatic rings. The predicted molar refractivity (Wildman–Crippen MR) is 74.7 cm³/mol. The van der Waals surface area contributed by atoms with Crippen LogP contribution in [0.3, 0.4) is 0 Å². The maximum Gasteiger partial charge on any atom is 0.342 e. The number of carboxylic acid groups (broad SMARTS) is 1. The quantitative estimate of drug-likeness (QED) is 0.446. The maximum atomic E-state index is 10.9. The Morgan fingerprint density at radius 2 is 2.10 bits per heavy atom. The highest BCUT2D eigenvalue weighted by molar-refractivity contribution is 6.32. The molecule has 110 valence electrons. The number of carbonyl (C=O) groups is 1. The van der Waals surface area contributed by atoms with E-state index in [1.807, 2.05) is 0 Å². The summed E-state index contributed by atoms with van der Waals surface area (Å²) in [4.78, 5) is 21.0. The summed E-state index contributed by atoms with van der Waals surface area (Å²) in [5, 5.41) is 19.8. The van der Waals surface area contributed by atoms with Gasteiger partial charge in [-0.2, -0.15) is 0 Å². The van der Waals surface area contributed by atoms with Crippen molar-refractivity contribution in [2.45, 2.75) is 32.6 Å². The first-order chi connectivity index (χ1) is 9.47. The third-order valence-electron chi connectivity index (χ3n) is 2.73. The van der Waals surface area contributed by atoms with E-state index in [0.717, 1.165) is 37.8 Å². The van der Waals surface area contributed by atoms with Gasteiger partial charge in [0.25, 0.3) is 5.69 Å². The van der Waals surface area contributed by atoms with Crippen LogP contribution in [0.1, 0.15) is 43.0 Å². The standard InChI is InChI=1S/C13H16ClNO5/c1-2-3-4-5-6-20-12-8-11(15(18)19)9(13(16)17)7-10(12)14/h7-8H,2-6H2,1H3,(H,16,17). The topological polar surface area (TPSA) is 89.7 Å². The lowest BCUT2D eigenvalue weighted by atomic mass is 10.1. The van der Waals surface area contributed by atoms with Crippen LogP contribution in [0.15, 0.2) is 12.1 Å². The van der Waals surface area contributed by atoms with Crippen molar-refractivity contribution < 1.29 is 19.6 Å². The van der Waals surface area contributed by atoms with Crippen molar-refractivity contribution in [3.05, 3.63) is 32.8 Å². The monoisotopic (exact) mass is 301 g/mol. The summed E-state index contributed by atoms with van der Waals surface area (Å²) >= 11 is 5.88. The van der Waals surface area contributed by atoms with Crippen LogP contribution in [0, 0.1) is 10.1 Å². The van der Waals surface area contributed by atoms with Crippen LogP contribution in [0.5, 0.6) is 5.75 Å². The molecule has 1 aromatic carbocycles. The van der Waals surface area contributed by atoms with Crippen molar-refractivity contribution in [1.29, 1.82) is 0 Å². The number of unbranched alkanes of at least 4 members (excludes halogenated alkanes) is 3. The Balaban J connectivity index is 2.84. The molecule has 0 bridgehead atoms. The first-order valence-corrected chi connectivity index (χ1v) is 6.69. The van der Waals surface area contributed by atoms with Crippen molar-refractivity contribution in [3.8, 4) is 5.75 Å². The van der Waals surface area contributed by atoms with E-state index in [9.17, 15) is 14.9 Å². The Hall–Kier alpha value is -1.82. The Morgan fingerprint density at radius 3 is 2.65 bits per heavy atom. The fraction of sp³-hybridized carbons (Fsp3) is 0.462.